The standard InChI is InChI=1S/C8H15N3O2/c9-8(10-12)3-11-1-6-4-13-5-7(6)2-11/h6-7,12H,1-5H2,(H2,9,10)/t6-,7-/m1/s1. The SMILES string of the molecule is NC(CN1C[C@@H]2COC[C@H]2C1)=NO. The zero-order chi connectivity index (χ0) is 9.26. The summed E-state index contributed by atoms with van der Waals surface area (Å²) in [6.07, 6.45) is 0. The van der Waals surface area contributed by atoms with Crippen LogP contribution in [0.15, 0.2) is 5.16 Å². The number of rotatable bonds is 2. The summed E-state index contributed by atoms with van der Waals surface area (Å²) in [5, 5.41) is 11.4. The first-order valence-corrected chi connectivity index (χ1v) is 4.56. The lowest BCUT2D eigenvalue weighted by atomic mass is 10.0. The Balaban J connectivity index is 1.85. The lowest BCUT2D eigenvalue weighted by Crippen LogP contribution is -2.33. The van der Waals surface area contributed by atoms with Gasteiger partial charge in [0.1, 0.15) is 0 Å². The monoisotopic (exact) mass is 185 g/mol. The van der Waals surface area contributed by atoms with E-state index in [1.165, 1.54) is 0 Å². The van der Waals surface area contributed by atoms with Crippen LogP contribution in [0.4, 0.5) is 0 Å². The Morgan fingerprint density at radius 1 is 1.46 bits per heavy atom. The minimum Gasteiger partial charge on any atom is -0.409 e. The summed E-state index contributed by atoms with van der Waals surface area (Å²) in [5.41, 5.74) is 5.43. The molecule has 0 saturated carbocycles. The van der Waals surface area contributed by atoms with E-state index in [9.17, 15) is 0 Å². The van der Waals surface area contributed by atoms with Crippen LogP contribution < -0.4 is 5.73 Å². The molecule has 0 aromatic rings. The Bertz CT molecular complexity index is 207. The second kappa shape index (κ2) is 3.51. The molecule has 2 rings (SSSR count). The molecule has 13 heavy (non-hydrogen) atoms. The molecule has 0 unspecified atom stereocenters. The summed E-state index contributed by atoms with van der Waals surface area (Å²) in [5.74, 6) is 1.61. The lowest BCUT2D eigenvalue weighted by Gasteiger charge is -2.14. The van der Waals surface area contributed by atoms with Gasteiger partial charge in [0.25, 0.3) is 0 Å². The van der Waals surface area contributed by atoms with E-state index in [1.54, 1.807) is 0 Å². The van der Waals surface area contributed by atoms with Crippen LogP contribution in [0.25, 0.3) is 0 Å². The largest absolute Gasteiger partial charge is 0.409 e. The van der Waals surface area contributed by atoms with Crippen molar-refractivity contribution in [3.05, 3.63) is 0 Å². The van der Waals surface area contributed by atoms with Crippen molar-refractivity contribution in [3.8, 4) is 0 Å². The van der Waals surface area contributed by atoms with Crippen molar-refractivity contribution >= 4 is 5.84 Å². The van der Waals surface area contributed by atoms with Gasteiger partial charge in [-0.2, -0.15) is 0 Å². The predicted molar refractivity (Wildman–Crippen MR) is 47.6 cm³/mol. The van der Waals surface area contributed by atoms with Crippen LogP contribution in [0.5, 0.6) is 0 Å². The number of nitrogens with two attached hydrogens (primary N) is 1. The van der Waals surface area contributed by atoms with Crippen molar-refractivity contribution < 1.29 is 9.94 Å². The number of likely N-dealkylation sites (tertiary alicyclic amines) is 1. The van der Waals surface area contributed by atoms with Gasteiger partial charge in [-0.3, -0.25) is 4.90 Å². The maximum Gasteiger partial charge on any atom is 0.153 e. The van der Waals surface area contributed by atoms with Crippen molar-refractivity contribution in [1.29, 1.82) is 0 Å². The van der Waals surface area contributed by atoms with Crippen LogP contribution in [0.1, 0.15) is 0 Å². The summed E-state index contributed by atoms with van der Waals surface area (Å²) in [6.45, 7) is 4.35. The first-order chi connectivity index (χ1) is 6.29. The van der Waals surface area contributed by atoms with Gasteiger partial charge < -0.3 is 15.7 Å². The van der Waals surface area contributed by atoms with Gasteiger partial charge in [-0.15, -0.1) is 0 Å². The van der Waals surface area contributed by atoms with E-state index in [1.807, 2.05) is 0 Å². The average molecular weight is 185 g/mol. The van der Waals surface area contributed by atoms with Crippen molar-refractivity contribution in [2.75, 3.05) is 32.8 Å². The van der Waals surface area contributed by atoms with Gasteiger partial charge in [-0.1, -0.05) is 5.16 Å². The van der Waals surface area contributed by atoms with Gasteiger partial charge in [0, 0.05) is 24.9 Å². The average Bonchev–Trinajstić information content (AvgIpc) is 2.63. The van der Waals surface area contributed by atoms with E-state index in [2.05, 4.69) is 10.1 Å². The van der Waals surface area contributed by atoms with Crippen molar-refractivity contribution in [2.24, 2.45) is 22.7 Å². The van der Waals surface area contributed by atoms with Crippen LogP contribution in [0.2, 0.25) is 0 Å². The Morgan fingerprint density at radius 2 is 2.08 bits per heavy atom. The molecule has 0 aromatic carbocycles. The molecule has 0 radical (unpaired) electrons. The normalized spacial score (nSPS) is 35.2. The lowest BCUT2D eigenvalue weighted by molar-refractivity contribution is 0.158. The predicted octanol–water partition coefficient (Wildman–Crippen LogP) is -0.689. The minimum absolute atomic E-state index is 0.292. The molecular formula is C8H15N3O2. The molecule has 0 spiro atoms. The zero-order valence-electron chi connectivity index (χ0n) is 7.52. The highest BCUT2D eigenvalue weighted by atomic mass is 16.5. The molecule has 5 nitrogen and oxygen atoms in total. The fourth-order valence-corrected chi connectivity index (χ4v) is 2.17. The van der Waals surface area contributed by atoms with E-state index in [4.69, 9.17) is 15.7 Å². The Kier molecular flexibility index (Phi) is 2.37. The van der Waals surface area contributed by atoms with E-state index in [0.717, 1.165) is 26.3 Å². The van der Waals surface area contributed by atoms with Gasteiger partial charge in [0.2, 0.25) is 0 Å². The van der Waals surface area contributed by atoms with Crippen LogP contribution >= 0.6 is 0 Å². The molecule has 2 aliphatic heterocycles. The van der Waals surface area contributed by atoms with Gasteiger partial charge >= 0.3 is 0 Å². The summed E-state index contributed by atoms with van der Waals surface area (Å²) in [6, 6.07) is 0. The molecular weight excluding hydrogens is 170 g/mol. The molecule has 2 fully saturated rings. The number of nitrogens with zero attached hydrogens (tertiary/aromatic N) is 2. The first kappa shape index (κ1) is 8.77. The molecule has 2 heterocycles. The fourth-order valence-electron chi connectivity index (χ4n) is 2.17. The van der Waals surface area contributed by atoms with Gasteiger partial charge in [0.15, 0.2) is 5.84 Å². The Hall–Kier alpha value is -0.810. The highest BCUT2D eigenvalue weighted by molar-refractivity contribution is 5.81. The van der Waals surface area contributed by atoms with Crippen LogP contribution in [0, 0.1) is 11.8 Å². The third kappa shape index (κ3) is 1.76. The number of hydrogen-bond acceptors (Lipinski definition) is 4. The Morgan fingerprint density at radius 3 is 2.62 bits per heavy atom. The summed E-state index contributed by atoms with van der Waals surface area (Å²) < 4.78 is 5.35. The summed E-state index contributed by atoms with van der Waals surface area (Å²) >= 11 is 0. The second-order valence-corrected chi connectivity index (χ2v) is 3.84. The van der Waals surface area contributed by atoms with Crippen LogP contribution in [-0.2, 0) is 4.74 Å². The van der Waals surface area contributed by atoms with Gasteiger partial charge in [0.05, 0.1) is 19.8 Å². The maximum absolute atomic E-state index is 8.41. The fraction of sp³-hybridized carbons (Fsp3) is 0.875. The van der Waals surface area contributed by atoms with Crippen molar-refractivity contribution in [1.82, 2.24) is 4.90 Å². The third-order valence-corrected chi connectivity index (χ3v) is 2.83. The van der Waals surface area contributed by atoms with Crippen LogP contribution in [0.3, 0.4) is 0 Å². The number of hydrogen-bond donors (Lipinski definition) is 2. The summed E-state index contributed by atoms with van der Waals surface area (Å²) in [7, 11) is 0. The molecule has 3 N–H and O–H groups in total. The van der Waals surface area contributed by atoms with Crippen molar-refractivity contribution in [2.45, 2.75) is 0 Å². The summed E-state index contributed by atoms with van der Waals surface area (Å²) in [4.78, 5) is 2.22. The van der Waals surface area contributed by atoms with Gasteiger partial charge in [-0.05, 0) is 0 Å². The quantitative estimate of drug-likeness (QED) is 0.258. The zero-order valence-corrected chi connectivity index (χ0v) is 7.52. The molecule has 74 valence electrons. The molecule has 5 heteroatoms. The van der Waals surface area contributed by atoms with Crippen molar-refractivity contribution in [3.63, 3.8) is 0 Å². The van der Waals surface area contributed by atoms with E-state index in [0.29, 0.717) is 24.2 Å². The molecule has 0 aliphatic carbocycles. The number of fused-ring (bicyclic) bond motifs is 1. The van der Waals surface area contributed by atoms with Crippen LogP contribution in [-0.4, -0.2) is 48.8 Å². The minimum atomic E-state index is 0.292. The second-order valence-electron chi connectivity index (χ2n) is 3.84. The van der Waals surface area contributed by atoms with E-state index >= 15 is 0 Å². The third-order valence-electron chi connectivity index (χ3n) is 2.83. The number of ether oxygens (including phenoxy) is 1. The molecule has 2 aliphatic rings. The van der Waals surface area contributed by atoms with E-state index in [-0.39, 0.29) is 0 Å². The highest BCUT2D eigenvalue weighted by Crippen LogP contribution is 2.28. The Labute approximate surface area is 77.1 Å². The van der Waals surface area contributed by atoms with E-state index < -0.39 is 0 Å². The number of oxime groups is 1. The molecule has 0 amide bonds. The number of amidine groups is 1. The highest BCUT2D eigenvalue weighted by Gasteiger charge is 2.36. The molecule has 2 saturated heterocycles. The van der Waals surface area contributed by atoms with Gasteiger partial charge in [-0.25, -0.2) is 0 Å². The topological polar surface area (TPSA) is 71.1 Å². The molecule has 2 atom stereocenters. The smallest absolute Gasteiger partial charge is 0.153 e. The molecule has 0 aromatic heterocycles. The first-order valence-electron chi connectivity index (χ1n) is 4.56. The molecule has 0 bridgehead atoms. The maximum atomic E-state index is 8.41.